The zero-order valence-corrected chi connectivity index (χ0v) is 9.26. The summed E-state index contributed by atoms with van der Waals surface area (Å²) in [4.78, 5) is 22.3. The monoisotopic (exact) mass is 221 g/mol. The van der Waals surface area contributed by atoms with Gasteiger partial charge in [-0.3, -0.25) is 4.79 Å². The SMILES string of the molecule is CCC(NC(=O)CCCCl)C(=O)OC. The Kier molecular flexibility index (Phi) is 7.20. The molecule has 0 rings (SSSR count). The third kappa shape index (κ3) is 5.07. The topological polar surface area (TPSA) is 55.4 Å². The Labute approximate surface area is 88.9 Å². The number of carbonyl (C=O) groups excluding carboxylic acids is 2. The van der Waals surface area contributed by atoms with E-state index < -0.39 is 12.0 Å². The molecule has 0 saturated carbocycles. The largest absolute Gasteiger partial charge is 0.467 e. The number of rotatable bonds is 6. The number of methoxy groups -OCH3 is 1. The molecule has 0 bridgehead atoms. The van der Waals surface area contributed by atoms with Gasteiger partial charge in [0.2, 0.25) is 5.91 Å². The van der Waals surface area contributed by atoms with E-state index in [1.165, 1.54) is 7.11 Å². The third-order valence-electron chi connectivity index (χ3n) is 1.77. The van der Waals surface area contributed by atoms with E-state index >= 15 is 0 Å². The van der Waals surface area contributed by atoms with Gasteiger partial charge >= 0.3 is 5.97 Å². The average molecular weight is 222 g/mol. The van der Waals surface area contributed by atoms with E-state index in [1.807, 2.05) is 6.92 Å². The van der Waals surface area contributed by atoms with E-state index in [9.17, 15) is 9.59 Å². The van der Waals surface area contributed by atoms with Gasteiger partial charge in [-0.25, -0.2) is 4.79 Å². The Morgan fingerprint density at radius 3 is 2.57 bits per heavy atom. The van der Waals surface area contributed by atoms with Crippen molar-refractivity contribution in [3.8, 4) is 0 Å². The molecule has 0 aliphatic rings. The molecule has 0 saturated heterocycles. The summed E-state index contributed by atoms with van der Waals surface area (Å²) >= 11 is 5.43. The van der Waals surface area contributed by atoms with Gasteiger partial charge in [0.25, 0.3) is 0 Å². The molecule has 1 unspecified atom stereocenters. The van der Waals surface area contributed by atoms with Crippen LogP contribution in [0.3, 0.4) is 0 Å². The molecule has 82 valence electrons. The highest BCUT2D eigenvalue weighted by Crippen LogP contribution is 1.97. The first-order chi connectivity index (χ1) is 6.65. The highest BCUT2D eigenvalue weighted by molar-refractivity contribution is 6.17. The number of hydrogen-bond donors (Lipinski definition) is 1. The van der Waals surface area contributed by atoms with Gasteiger partial charge in [-0.15, -0.1) is 11.6 Å². The number of ether oxygens (including phenoxy) is 1. The minimum Gasteiger partial charge on any atom is -0.467 e. The maximum atomic E-state index is 11.2. The fourth-order valence-electron chi connectivity index (χ4n) is 0.964. The predicted molar refractivity (Wildman–Crippen MR) is 54.2 cm³/mol. The van der Waals surface area contributed by atoms with Crippen LogP contribution in [0, 0.1) is 0 Å². The van der Waals surface area contributed by atoms with Gasteiger partial charge in [0, 0.05) is 12.3 Å². The zero-order chi connectivity index (χ0) is 11.0. The van der Waals surface area contributed by atoms with Crippen molar-refractivity contribution < 1.29 is 14.3 Å². The van der Waals surface area contributed by atoms with Gasteiger partial charge in [-0.05, 0) is 12.8 Å². The normalized spacial score (nSPS) is 11.9. The molecule has 1 amide bonds. The smallest absolute Gasteiger partial charge is 0.328 e. The number of halogens is 1. The van der Waals surface area contributed by atoms with Crippen molar-refractivity contribution in [2.45, 2.75) is 32.2 Å². The summed E-state index contributed by atoms with van der Waals surface area (Å²) in [5.74, 6) is -0.128. The molecule has 0 fully saturated rings. The molecule has 1 N–H and O–H groups in total. The first-order valence-electron chi connectivity index (χ1n) is 4.58. The standard InChI is InChI=1S/C9H16ClNO3/c1-3-7(9(13)14-2)11-8(12)5-4-6-10/h7H,3-6H2,1-2H3,(H,11,12). The van der Waals surface area contributed by atoms with Gasteiger partial charge in [0.1, 0.15) is 6.04 Å². The van der Waals surface area contributed by atoms with Crippen molar-refractivity contribution in [3.05, 3.63) is 0 Å². The molecule has 1 atom stereocenters. The lowest BCUT2D eigenvalue weighted by atomic mass is 10.2. The number of amides is 1. The maximum Gasteiger partial charge on any atom is 0.328 e. The van der Waals surface area contributed by atoms with Crippen LogP contribution in [0.15, 0.2) is 0 Å². The molecule has 0 aliphatic carbocycles. The second-order valence-corrected chi connectivity index (χ2v) is 3.22. The van der Waals surface area contributed by atoms with Crippen LogP contribution in [-0.2, 0) is 14.3 Å². The van der Waals surface area contributed by atoms with E-state index in [0.29, 0.717) is 25.1 Å². The molecule has 0 aromatic carbocycles. The predicted octanol–water partition coefficient (Wildman–Crippen LogP) is 1.07. The summed E-state index contributed by atoms with van der Waals surface area (Å²) < 4.78 is 4.53. The number of nitrogens with one attached hydrogen (secondary N) is 1. The summed E-state index contributed by atoms with van der Waals surface area (Å²) in [5.41, 5.74) is 0. The van der Waals surface area contributed by atoms with Crippen molar-refractivity contribution in [1.82, 2.24) is 5.32 Å². The van der Waals surface area contributed by atoms with Gasteiger partial charge in [0.05, 0.1) is 7.11 Å². The fourth-order valence-corrected chi connectivity index (χ4v) is 1.10. The van der Waals surface area contributed by atoms with Gasteiger partial charge in [-0.1, -0.05) is 6.92 Å². The van der Waals surface area contributed by atoms with Gasteiger partial charge in [0.15, 0.2) is 0 Å². The summed E-state index contributed by atoms with van der Waals surface area (Å²) in [6.45, 7) is 1.81. The number of alkyl halides is 1. The van der Waals surface area contributed by atoms with E-state index in [-0.39, 0.29) is 5.91 Å². The summed E-state index contributed by atoms with van der Waals surface area (Å²) in [6.07, 6.45) is 1.49. The van der Waals surface area contributed by atoms with Crippen molar-refractivity contribution in [2.24, 2.45) is 0 Å². The third-order valence-corrected chi connectivity index (χ3v) is 2.03. The number of carbonyl (C=O) groups is 2. The first kappa shape index (κ1) is 13.2. The van der Waals surface area contributed by atoms with Crippen LogP contribution < -0.4 is 5.32 Å². The molecule has 0 aromatic rings. The Balaban J connectivity index is 3.92. The summed E-state index contributed by atoms with van der Waals surface area (Å²) in [5, 5.41) is 2.58. The zero-order valence-electron chi connectivity index (χ0n) is 8.51. The quantitative estimate of drug-likeness (QED) is 0.539. The minimum atomic E-state index is -0.539. The lowest BCUT2D eigenvalue weighted by Gasteiger charge is -2.13. The van der Waals surface area contributed by atoms with Crippen molar-refractivity contribution in [2.75, 3.05) is 13.0 Å². The fraction of sp³-hybridized carbons (Fsp3) is 0.778. The molecule has 0 spiro atoms. The van der Waals surface area contributed by atoms with Crippen LogP contribution in [0.1, 0.15) is 26.2 Å². The Morgan fingerprint density at radius 1 is 1.50 bits per heavy atom. The molecule has 0 radical (unpaired) electrons. The lowest BCUT2D eigenvalue weighted by Crippen LogP contribution is -2.40. The molecular formula is C9H16ClNO3. The summed E-state index contributed by atoms with van der Waals surface area (Å²) in [6, 6.07) is -0.539. The number of hydrogen-bond acceptors (Lipinski definition) is 3. The molecule has 0 aromatic heterocycles. The molecule has 5 heteroatoms. The Bertz CT molecular complexity index is 196. The van der Waals surface area contributed by atoms with Crippen LogP contribution in [-0.4, -0.2) is 30.9 Å². The first-order valence-corrected chi connectivity index (χ1v) is 5.12. The van der Waals surface area contributed by atoms with E-state index in [4.69, 9.17) is 11.6 Å². The number of esters is 1. The lowest BCUT2D eigenvalue weighted by molar-refractivity contribution is -0.145. The molecule has 14 heavy (non-hydrogen) atoms. The highest BCUT2D eigenvalue weighted by atomic mass is 35.5. The Morgan fingerprint density at radius 2 is 2.14 bits per heavy atom. The highest BCUT2D eigenvalue weighted by Gasteiger charge is 2.18. The van der Waals surface area contributed by atoms with Crippen LogP contribution in [0.5, 0.6) is 0 Å². The average Bonchev–Trinajstić information content (AvgIpc) is 2.21. The summed E-state index contributed by atoms with van der Waals surface area (Å²) in [7, 11) is 1.30. The Hall–Kier alpha value is -0.770. The van der Waals surface area contributed by atoms with Gasteiger partial charge in [-0.2, -0.15) is 0 Å². The van der Waals surface area contributed by atoms with Crippen molar-refractivity contribution >= 4 is 23.5 Å². The van der Waals surface area contributed by atoms with Crippen LogP contribution in [0.4, 0.5) is 0 Å². The van der Waals surface area contributed by atoms with Crippen LogP contribution >= 0.6 is 11.6 Å². The minimum absolute atomic E-state index is 0.164. The van der Waals surface area contributed by atoms with Gasteiger partial charge < -0.3 is 10.1 Å². The molecule has 4 nitrogen and oxygen atoms in total. The maximum absolute atomic E-state index is 11.2. The van der Waals surface area contributed by atoms with E-state index in [0.717, 1.165) is 0 Å². The second kappa shape index (κ2) is 7.62. The molecular weight excluding hydrogens is 206 g/mol. The van der Waals surface area contributed by atoms with E-state index in [2.05, 4.69) is 10.1 Å². The molecule has 0 aliphatic heterocycles. The van der Waals surface area contributed by atoms with E-state index in [1.54, 1.807) is 0 Å². The van der Waals surface area contributed by atoms with Crippen LogP contribution in [0.25, 0.3) is 0 Å². The van der Waals surface area contributed by atoms with Crippen molar-refractivity contribution in [3.63, 3.8) is 0 Å². The van der Waals surface area contributed by atoms with Crippen LogP contribution in [0.2, 0.25) is 0 Å². The van der Waals surface area contributed by atoms with Crippen molar-refractivity contribution in [1.29, 1.82) is 0 Å². The molecule has 0 heterocycles. The second-order valence-electron chi connectivity index (χ2n) is 2.84.